The molecule has 2 aromatic carbocycles. The van der Waals surface area contributed by atoms with Crippen molar-refractivity contribution in [3.8, 4) is 5.75 Å². The number of carboxylic acid groups (broad SMARTS) is 1. The van der Waals surface area contributed by atoms with Crippen molar-refractivity contribution in [3.05, 3.63) is 71.3 Å². The number of aliphatic hydroxyl groups excluding tert-OH is 1. The minimum atomic E-state index is -1.07. The van der Waals surface area contributed by atoms with Crippen molar-refractivity contribution in [2.75, 3.05) is 0 Å². The summed E-state index contributed by atoms with van der Waals surface area (Å²) in [6.45, 7) is 0. The third-order valence-electron chi connectivity index (χ3n) is 2.86. The number of carboxylic acids is 1. The third kappa shape index (κ3) is 3.27. The van der Waals surface area contributed by atoms with E-state index in [1.165, 1.54) is 36.4 Å². The predicted molar refractivity (Wildman–Crippen MR) is 76.4 cm³/mol. The molecule has 0 spiro atoms. The summed E-state index contributed by atoms with van der Waals surface area (Å²) in [7, 11) is 0. The van der Waals surface area contributed by atoms with E-state index in [4.69, 9.17) is 5.11 Å². The smallest absolute Gasteiger partial charge is 0.335 e. The van der Waals surface area contributed by atoms with Crippen LogP contribution < -0.4 is 0 Å². The van der Waals surface area contributed by atoms with Gasteiger partial charge in [-0.05, 0) is 24.3 Å². The first-order valence-corrected chi connectivity index (χ1v) is 6.06. The Balaban J connectivity index is 2.26. The highest BCUT2D eigenvalue weighted by molar-refractivity contribution is 6.09. The molecule has 0 heterocycles. The van der Waals surface area contributed by atoms with Crippen molar-refractivity contribution in [1.29, 1.82) is 0 Å². The summed E-state index contributed by atoms with van der Waals surface area (Å²) in [6, 6.07) is 11.4. The van der Waals surface area contributed by atoms with E-state index < -0.39 is 11.8 Å². The number of rotatable bonds is 4. The van der Waals surface area contributed by atoms with Crippen LogP contribution in [0.15, 0.2) is 54.6 Å². The van der Waals surface area contributed by atoms with Crippen molar-refractivity contribution >= 4 is 17.5 Å². The number of hydrogen-bond acceptors (Lipinski definition) is 4. The zero-order valence-electron chi connectivity index (χ0n) is 10.9. The normalized spacial score (nSPS) is 11.1. The monoisotopic (exact) mass is 284 g/mol. The second kappa shape index (κ2) is 5.92. The first-order chi connectivity index (χ1) is 9.99. The van der Waals surface area contributed by atoms with Gasteiger partial charge in [-0.25, -0.2) is 4.79 Å². The van der Waals surface area contributed by atoms with Crippen LogP contribution in [0.3, 0.4) is 0 Å². The predicted octanol–water partition coefficient (Wildman–Crippen LogP) is 2.87. The molecule has 2 rings (SSSR count). The second-order valence-electron chi connectivity index (χ2n) is 4.29. The highest BCUT2D eigenvalue weighted by Gasteiger charge is 2.10. The van der Waals surface area contributed by atoms with Crippen molar-refractivity contribution in [2.24, 2.45) is 0 Å². The van der Waals surface area contributed by atoms with Crippen LogP contribution in [-0.2, 0) is 0 Å². The third-order valence-corrected chi connectivity index (χ3v) is 2.86. The molecular formula is C16H12O5. The Hall–Kier alpha value is -3.08. The summed E-state index contributed by atoms with van der Waals surface area (Å²) >= 11 is 0. The Morgan fingerprint density at radius 3 is 2.00 bits per heavy atom. The maximum Gasteiger partial charge on any atom is 0.335 e. The summed E-state index contributed by atoms with van der Waals surface area (Å²) in [5, 5.41) is 28.2. The van der Waals surface area contributed by atoms with Gasteiger partial charge in [0.25, 0.3) is 0 Å². The molecule has 0 bridgehead atoms. The number of phenols is 1. The van der Waals surface area contributed by atoms with Gasteiger partial charge in [-0.2, -0.15) is 0 Å². The lowest BCUT2D eigenvalue weighted by Crippen LogP contribution is -1.98. The Kier molecular flexibility index (Phi) is 4.04. The summed E-state index contributed by atoms with van der Waals surface area (Å²) in [5.74, 6) is -2.10. The molecule has 0 saturated carbocycles. The van der Waals surface area contributed by atoms with Gasteiger partial charge in [-0.15, -0.1) is 0 Å². The maximum atomic E-state index is 11.9. The summed E-state index contributed by atoms with van der Waals surface area (Å²) < 4.78 is 0. The average molecular weight is 284 g/mol. The molecule has 106 valence electrons. The minimum Gasteiger partial charge on any atom is -0.507 e. The van der Waals surface area contributed by atoms with Crippen molar-refractivity contribution < 1.29 is 24.9 Å². The van der Waals surface area contributed by atoms with Crippen molar-refractivity contribution in [3.63, 3.8) is 0 Å². The fourth-order valence-corrected chi connectivity index (χ4v) is 1.75. The number of aromatic carboxylic acids is 1. The molecule has 0 aromatic heterocycles. The molecule has 0 unspecified atom stereocenters. The molecule has 0 aliphatic rings. The molecule has 21 heavy (non-hydrogen) atoms. The Bertz CT molecular complexity index is 714. The van der Waals surface area contributed by atoms with Gasteiger partial charge < -0.3 is 15.3 Å². The van der Waals surface area contributed by atoms with Crippen LogP contribution in [0.2, 0.25) is 0 Å². The molecule has 0 fully saturated rings. The lowest BCUT2D eigenvalue weighted by Gasteiger charge is -2.03. The van der Waals surface area contributed by atoms with E-state index in [0.717, 1.165) is 6.08 Å². The van der Waals surface area contributed by atoms with Gasteiger partial charge in [-0.1, -0.05) is 24.3 Å². The Morgan fingerprint density at radius 2 is 1.43 bits per heavy atom. The van der Waals surface area contributed by atoms with Crippen LogP contribution in [0, 0.1) is 0 Å². The van der Waals surface area contributed by atoms with Crippen LogP contribution in [0.5, 0.6) is 5.75 Å². The van der Waals surface area contributed by atoms with E-state index in [9.17, 15) is 19.8 Å². The highest BCUT2D eigenvalue weighted by atomic mass is 16.4. The van der Waals surface area contributed by atoms with Gasteiger partial charge in [0.05, 0.1) is 11.1 Å². The van der Waals surface area contributed by atoms with E-state index in [-0.39, 0.29) is 22.6 Å². The molecule has 0 aliphatic carbocycles. The van der Waals surface area contributed by atoms with E-state index in [1.54, 1.807) is 12.1 Å². The number of para-hydroxylation sites is 1. The van der Waals surface area contributed by atoms with Gasteiger partial charge in [-0.3, -0.25) is 4.79 Å². The van der Waals surface area contributed by atoms with E-state index in [0.29, 0.717) is 5.56 Å². The number of ketones is 1. The van der Waals surface area contributed by atoms with Crippen molar-refractivity contribution in [2.45, 2.75) is 0 Å². The molecule has 2 aromatic rings. The highest BCUT2D eigenvalue weighted by Crippen LogP contribution is 2.19. The van der Waals surface area contributed by atoms with Gasteiger partial charge >= 0.3 is 5.97 Å². The molecule has 3 N–H and O–H groups in total. The number of aliphatic hydroxyl groups is 1. The first-order valence-electron chi connectivity index (χ1n) is 6.06. The molecule has 5 nitrogen and oxygen atoms in total. The van der Waals surface area contributed by atoms with Crippen molar-refractivity contribution in [1.82, 2.24) is 0 Å². The molecule has 0 amide bonds. The zero-order chi connectivity index (χ0) is 15.4. The van der Waals surface area contributed by atoms with Gasteiger partial charge in [0.1, 0.15) is 11.5 Å². The zero-order valence-corrected chi connectivity index (χ0v) is 10.9. The fraction of sp³-hybridized carbons (Fsp3) is 0. The number of allylic oxidation sites excluding steroid dienone is 1. The number of phenolic OH excluding ortho intramolecular Hbond substituents is 1. The average Bonchev–Trinajstić information content (AvgIpc) is 2.47. The quantitative estimate of drug-likeness (QED) is 0.456. The number of carbonyl (C=O) groups is 2. The lowest BCUT2D eigenvalue weighted by molar-refractivity contribution is 0.0696. The number of benzene rings is 2. The molecule has 0 saturated heterocycles. The molecule has 5 heteroatoms. The minimum absolute atomic E-state index is 0.0752. The van der Waals surface area contributed by atoms with Gasteiger partial charge in [0.15, 0.2) is 5.78 Å². The summed E-state index contributed by atoms with van der Waals surface area (Å²) in [6.07, 6.45) is 0.977. The number of carbonyl (C=O) groups excluding carboxylic acids is 1. The van der Waals surface area contributed by atoms with Crippen LogP contribution in [0.1, 0.15) is 26.3 Å². The second-order valence-corrected chi connectivity index (χ2v) is 4.29. The molecular weight excluding hydrogens is 272 g/mol. The number of aromatic hydroxyl groups is 1. The van der Waals surface area contributed by atoms with Crippen LogP contribution >= 0.6 is 0 Å². The number of hydrogen-bond donors (Lipinski definition) is 3. The lowest BCUT2D eigenvalue weighted by atomic mass is 10.1. The largest absolute Gasteiger partial charge is 0.507 e. The Labute approximate surface area is 120 Å². The van der Waals surface area contributed by atoms with Gasteiger partial charge in [0.2, 0.25) is 0 Å². The molecule has 0 radical (unpaired) electrons. The van der Waals surface area contributed by atoms with Crippen LogP contribution in [0.25, 0.3) is 5.76 Å². The summed E-state index contributed by atoms with van der Waals surface area (Å²) in [5.41, 5.74) is 0.466. The SMILES string of the molecule is O=C(O)c1ccc(/C(O)=C/C(=O)c2ccccc2O)cc1. The van der Waals surface area contributed by atoms with E-state index in [1.807, 2.05) is 0 Å². The van der Waals surface area contributed by atoms with E-state index >= 15 is 0 Å². The van der Waals surface area contributed by atoms with E-state index in [2.05, 4.69) is 0 Å². The first kappa shape index (κ1) is 14.3. The maximum absolute atomic E-state index is 11.9. The standard InChI is InChI=1S/C16H12O5/c17-13-4-2-1-3-12(13)15(19)9-14(18)10-5-7-11(8-6-10)16(20)21/h1-9,17-18H,(H,20,21)/b14-9-. The molecule has 0 atom stereocenters. The molecule has 0 aliphatic heterocycles. The summed E-state index contributed by atoms with van der Waals surface area (Å²) in [4.78, 5) is 22.7. The van der Waals surface area contributed by atoms with Crippen LogP contribution in [0.4, 0.5) is 0 Å². The van der Waals surface area contributed by atoms with Gasteiger partial charge in [0, 0.05) is 11.6 Å². The van der Waals surface area contributed by atoms with Crippen LogP contribution in [-0.4, -0.2) is 27.1 Å². The fourth-order valence-electron chi connectivity index (χ4n) is 1.75. The topological polar surface area (TPSA) is 94.8 Å². The Morgan fingerprint density at radius 1 is 0.857 bits per heavy atom.